The molecular weight excluding hydrogens is 1050 g/mol. The Kier molecular flexibility index (Phi) is 19.0. The van der Waals surface area contributed by atoms with Crippen molar-refractivity contribution in [1.29, 1.82) is 0 Å². The highest BCUT2D eigenvalue weighted by atomic mass is 16.8. The van der Waals surface area contributed by atoms with Crippen LogP contribution >= 0.6 is 0 Å². The van der Waals surface area contributed by atoms with Crippen molar-refractivity contribution in [3.05, 3.63) is 0 Å². The highest BCUT2D eigenvalue weighted by Gasteiger charge is 2.71. The number of ether oxygens (including phenoxy) is 9. The first-order chi connectivity index (χ1) is 37.3. The molecule has 0 unspecified atom stereocenters. The molecule has 458 valence electrons. The maximum Gasteiger partial charge on any atom is 0.187 e. The fourth-order valence-electron chi connectivity index (χ4n) is 16.8. The summed E-state index contributed by atoms with van der Waals surface area (Å²) in [5.41, 5.74) is -2.54. The molecule has 16 N–H and O–H groups in total. The summed E-state index contributed by atoms with van der Waals surface area (Å²) in [6, 6.07) is 0. The summed E-state index contributed by atoms with van der Waals surface area (Å²) in [6.45, 7) is 8.42. The summed E-state index contributed by atoms with van der Waals surface area (Å²) in [4.78, 5) is 0. The maximum absolute atomic E-state index is 12.7. The molecule has 32 atom stereocenters. The third-order valence-corrected chi connectivity index (χ3v) is 22.0. The van der Waals surface area contributed by atoms with Crippen molar-refractivity contribution in [2.75, 3.05) is 46.2 Å². The van der Waals surface area contributed by atoms with Crippen LogP contribution in [0, 0.1) is 50.7 Å². The Balaban J connectivity index is 0.938. The minimum atomic E-state index is -1.89. The van der Waals surface area contributed by atoms with E-state index in [2.05, 4.69) is 20.8 Å². The average molecular weight is 1140 g/mol. The lowest BCUT2D eigenvalue weighted by atomic mass is 9.33. The molecule has 9 aliphatic rings. The van der Waals surface area contributed by atoms with Gasteiger partial charge in [0.25, 0.3) is 0 Å². The van der Waals surface area contributed by atoms with E-state index in [-0.39, 0.29) is 53.8 Å². The maximum atomic E-state index is 12.7. The van der Waals surface area contributed by atoms with Crippen LogP contribution in [0.5, 0.6) is 0 Å². The van der Waals surface area contributed by atoms with Crippen LogP contribution < -0.4 is 0 Å². The van der Waals surface area contributed by atoms with Crippen molar-refractivity contribution >= 4 is 0 Å². The molecule has 5 saturated heterocycles. The van der Waals surface area contributed by atoms with Gasteiger partial charge in [-0.3, -0.25) is 0 Å². The van der Waals surface area contributed by atoms with Crippen LogP contribution in [0.1, 0.15) is 98.8 Å². The molecule has 0 radical (unpaired) electrons. The average Bonchev–Trinajstić information content (AvgIpc) is 3.58. The van der Waals surface area contributed by atoms with Crippen LogP contribution in [0.3, 0.4) is 0 Å². The van der Waals surface area contributed by atoms with Crippen molar-refractivity contribution in [1.82, 2.24) is 0 Å². The highest BCUT2D eigenvalue weighted by molar-refractivity contribution is 5.19. The predicted molar refractivity (Wildman–Crippen MR) is 267 cm³/mol. The minimum Gasteiger partial charge on any atom is -0.394 e. The van der Waals surface area contributed by atoms with E-state index in [9.17, 15) is 81.7 Å². The Morgan fingerprint density at radius 3 is 1.53 bits per heavy atom. The second-order valence-electron chi connectivity index (χ2n) is 26.1. The van der Waals surface area contributed by atoms with Gasteiger partial charge < -0.3 is 124 Å². The van der Waals surface area contributed by atoms with Gasteiger partial charge in [-0.1, -0.05) is 34.6 Å². The van der Waals surface area contributed by atoms with Crippen molar-refractivity contribution in [3.8, 4) is 0 Å². The number of aliphatic hydroxyl groups is 16. The lowest BCUT2D eigenvalue weighted by Crippen LogP contribution is -2.69. The fourth-order valence-corrected chi connectivity index (χ4v) is 16.8. The van der Waals surface area contributed by atoms with Gasteiger partial charge in [-0.15, -0.1) is 0 Å². The fraction of sp³-hybridized carbons (Fsp3) is 1.00. The molecule has 5 heterocycles. The van der Waals surface area contributed by atoms with E-state index in [1.165, 1.54) is 0 Å². The molecule has 79 heavy (non-hydrogen) atoms. The number of hydrogen-bond acceptors (Lipinski definition) is 25. The van der Waals surface area contributed by atoms with E-state index < -0.39 is 178 Å². The van der Waals surface area contributed by atoms with E-state index in [1.807, 2.05) is 13.8 Å². The smallest absolute Gasteiger partial charge is 0.187 e. The monoisotopic (exact) mass is 1140 g/mol. The van der Waals surface area contributed by atoms with E-state index in [0.29, 0.717) is 32.3 Å². The molecule has 0 bridgehead atoms. The van der Waals surface area contributed by atoms with Crippen LogP contribution in [0.4, 0.5) is 0 Å². The van der Waals surface area contributed by atoms with E-state index in [1.54, 1.807) is 0 Å². The Morgan fingerprint density at radius 1 is 0.468 bits per heavy atom. The van der Waals surface area contributed by atoms with Crippen molar-refractivity contribution < 1.29 is 124 Å². The number of rotatable bonds is 15. The molecule has 4 aliphatic carbocycles. The third kappa shape index (κ3) is 10.7. The minimum absolute atomic E-state index is 0.0550. The zero-order valence-corrected chi connectivity index (χ0v) is 45.9. The van der Waals surface area contributed by atoms with Crippen LogP contribution in [0.25, 0.3) is 0 Å². The van der Waals surface area contributed by atoms with Crippen LogP contribution in [0.2, 0.25) is 0 Å². The number of hydrogen-bond donors (Lipinski definition) is 16. The molecular formula is C54H92O25. The number of fused-ring (bicyclic) bond motifs is 5. The van der Waals surface area contributed by atoms with Gasteiger partial charge in [0.1, 0.15) is 97.7 Å². The topological polar surface area (TPSA) is 407 Å². The third-order valence-electron chi connectivity index (χ3n) is 22.0. The summed E-state index contributed by atoms with van der Waals surface area (Å²) in [5, 5.41) is 171. The summed E-state index contributed by atoms with van der Waals surface area (Å²) in [7, 11) is 0. The molecule has 0 aromatic rings. The van der Waals surface area contributed by atoms with Gasteiger partial charge in [-0.2, -0.15) is 0 Å². The SMILES string of the molecule is C[C@H](CO[C@H]1O[C@@H](CO)[C@H](O)[C@@H](O)[C@@H]1O)[C@H]1CC[C@]2(CC[C@@]3(C)[C@@H](CC[C@H]4[C@]5(C)CC[C@@H](O[C@H]6O[C@@H](CO)[C@H](O)[C@@H](O)[C@@H]6O[C@H]6O[C@@H](CO)[C@H](O)[C@@H](O)[C@@H]6O)[C@](C)(CO[C@H]6O[C@@H](CO)[C@H](O)[C@@H](O)[C@@H]6O)[C@H]5CC[C@@]43C)[C@@H]2O)CO1. The molecule has 9 fully saturated rings. The van der Waals surface area contributed by atoms with Gasteiger partial charge in [-0.25, -0.2) is 0 Å². The molecule has 0 aromatic heterocycles. The quantitative estimate of drug-likeness (QED) is 0.0692. The van der Waals surface area contributed by atoms with Crippen LogP contribution in [-0.4, -0.2) is 269 Å². The second kappa shape index (κ2) is 24.0. The summed E-state index contributed by atoms with van der Waals surface area (Å²) < 4.78 is 55.1. The van der Waals surface area contributed by atoms with Gasteiger partial charge >= 0.3 is 0 Å². The molecule has 25 heteroatoms. The highest BCUT2D eigenvalue weighted by Crippen LogP contribution is 2.75. The van der Waals surface area contributed by atoms with Crippen LogP contribution in [-0.2, 0) is 42.6 Å². The van der Waals surface area contributed by atoms with Gasteiger partial charge in [-0.05, 0) is 98.2 Å². The van der Waals surface area contributed by atoms with Gasteiger partial charge in [0.05, 0.1) is 64.6 Å². The van der Waals surface area contributed by atoms with Gasteiger partial charge in [0.2, 0.25) is 0 Å². The molecule has 9 rings (SSSR count). The normalized spacial score (nSPS) is 55.6. The molecule has 5 aliphatic heterocycles. The van der Waals surface area contributed by atoms with Crippen molar-refractivity contribution in [2.24, 2.45) is 50.7 Å². The Labute approximate surface area is 460 Å². The standard InChI is InChI=1S/C54H92O25/c1-23(20-71-46-41(67)37(63)33(59)26(16-55)74-46)25-8-13-54(22-72-25)15-14-52(4)24(45(54)70)6-7-31-50(2)11-10-32(51(3,30(50)9-12-53(31,52)5)21-73-47-42(68)38(64)34(60)27(17-56)75-47)78-49-44(40(66)36(62)29(19-58)77-49)79-48-43(69)39(65)35(61)28(18-57)76-48/h23-49,55-70H,6-22H2,1-5H3/t23-,24+,25-,26+,27+,28+,29+,30+,31+,32-,33+,34+,35+,36+,37-,38-,39-,40-,41+,42+,43+,44+,45+,46+,47+,48-,49-,50-,51-,52+,53+,54+/m1/s1. The zero-order valence-electron chi connectivity index (χ0n) is 45.9. The first kappa shape index (κ1) is 62.5. The largest absolute Gasteiger partial charge is 0.394 e. The van der Waals surface area contributed by atoms with E-state index in [4.69, 9.17) is 42.6 Å². The van der Waals surface area contributed by atoms with Crippen molar-refractivity contribution in [3.63, 3.8) is 0 Å². The van der Waals surface area contributed by atoms with Gasteiger partial charge in [0.15, 0.2) is 25.2 Å². The first-order valence-corrected chi connectivity index (χ1v) is 28.7. The molecule has 0 amide bonds. The second-order valence-corrected chi connectivity index (χ2v) is 26.1. The van der Waals surface area contributed by atoms with Gasteiger partial charge in [0, 0.05) is 16.7 Å². The van der Waals surface area contributed by atoms with E-state index in [0.717, 1.165) is 38.5 Å². The molecule has 0 aromatic carbocycles. The van der Waals surface area contributed by atoms with E-state index >= 15 is 0 Å². The predicted octanol–water partition coefficient (Wildman–Crippen LogP) is -4.16. The lowest BCUT2D eigenvalue weighted by molar-refractivity contribution is -0.382. The van der Waals surface area contributed by atoms with Crippen molar-refractivity contribution in [2.45, 2.75) is 240 Å². The molecule has 4 saturated carbocycles. The number of aliphatic hydroxyl groups excluding tert-OH is 16. The molecule has 25 nitrogen and oxygen atoms in total. The Hall–Kier alpha value is -1.00. The summed E-state index contributed by atoms with van der Waals surface area (Å²) in [5.74, 6) is -0.322. The Bertz CT molecular complexity index is 2000. The summed E-state index contributed by atoms with van der Waals surface area (Å²) >= 11 is 0. The summed E-state index contributed by atoms with van der Waals surface area (Å²) in [6.07, 6.45) is -26.5. The Morgan fingerprint density at radius 2 is 0.987 bits per heavy atom. The lowest BCUT2D eigenvalue weighted by Gasteiger charge is -2.73. The molecule has 1 spiro atoms. The zero-order chi connectivity index (χ0) is 57.5. The van der Waals surface area contributed by atoms with Crippen LogP contribution in [0.15, 0.2) is 0 Å². The first-order valence-electron chi connectivity index (χ1n) is 28.7.